The number of benzene rings is 1. The summed E-state index contributed by atoms with van der Waals surface area (Å²) in [7, 11) is 0. The molecule has 6 heteroatoms. The maximum Gasteiger partial charge on any atom is 0.310 e. The third-order valence-corrected chi connectivity index (χ3v) is 4.53. The summed E-state index contributed by atoms with van der Waals surface area (Å²) in [4.78, 5) is 24.2. The fraction of sp³-hybridized carbons (Fsp3) is 0.556. The van der Waals surface area contributed by atoms with Gasteiger partial charge in [0.2, 0.25) is 5.91 Å². The Morgan fingerprint density at radius 1 is 1.25 bits per heavy atom. The van der Waals surface area contributed by atoms with Crippen LogP contribution in [0, 0.1) is 11.2 Å². The van der Waals surface area contributed by atoms with Crippen molar-refractivity contribution in [2.24, 2.45) is 5.41 Å². The molecule has 0 saturated heterocycles. The van der Waals surface area contributed by atoms with Crippen molar-refractivity contribution in [2.75, 3.05) is 11.9 Å². The van der Waals surface area contributed by atoms with Crippen LogP contribution in [0.2, 0.25) is 0 Å². The van der Waals surface area contributed by atoms with Gasteiger partial charge in [-0.15, -0.1) is 0 Å². The lowest BCUT2D eigenvalue weighted by Gasteiger charge is -2.27. The lowest BCUT2D eigenvalue weighted by molar-refractivity contribution is -0.152. The number of carbonyl (C=O) groups is 2. The van der Waals surface area contributed by atoms with Crippen LogP contribution in [0.25, 0.3) is 0 Å². The first-order chi connectivity index (χ1) is 11.5. The fourth-order valence-electron chi connectivity index (χ4n) is 3.25. The van der Waals surface area contributed by atoms with Gasteiger partial charge >= 0.3 is 5.97 Å². The van der Waals surface area contributed by atoms with Crippen LogP contribution >= 0.6 is 0 Å². The molecule has 1 aliphatic carbocycles. The Morgan fingerprint density at radius 2 is 1.92 bits per heavy atom. The van der Waals surface area contributed by atoms with Crippen LogP contribution in [0.15, 0.2) is 18.2 Å². The normalized spacial score (nSPS) is 16.9. The van der Waals surface area contributed by atoms with Gasteiger partial charge in [0, 0.05) is 12.5 Å². The topological polar surface area (TPSA) is 75.6 Å². The highest BCUT2D eigenvalue weighted by Crippen LogP contribution is 2.39. The summed E-state index contributed by atoms with van der Waals surface area (Å²) in [5.74, 6) is -1.51. The first-order valence-corrected chi connectivity index (χ1v) is 8.42. The zero-order chi connectivity index (χ0) is 17.6. The van der Waals surface area contributed by atoms with E-state index in [0.717, 1.165) is 25.7 Å². The highest BCUT2D eigenvalue weighted by molar-refractivity contribution is 5.95. The Hall–Kier alpha value is -2.11. The summed E-state index contributed by atoms with van der Waals surface area (Å²) in [5, 5.41) is 12.3. The first kappa shape index (κ1) is 18.2. The molecule has 0 aliphatic heterocycles. The van der Waals surface area contributed by atoms with Gasteiger partial charge in [0.15, 0.2) is 0 Å². The van der Waals surface area contributed by atoms with Crippen LogP contribution < -0.4 is 10.1 Å². The highest BCUT2D eigenvalue weighted by Gasteiger charge is 2.40. The Labute approximate surface area is 141 Å². The number of halogens is 1. The second-order valence-electron chi connectivity index (χ2n) is 6.30. The Kier molecular flexibility index (Phi) is 6.17. The molecule has 1 aliphatic rings. The summed E-state index contributed by atoms with van der Waals surface area (Å²) < 4.78 is 18.7. The summed E-state index contributed by atoms with van der Waals surface area (Å²) >= 11 is 0. The second kappa shape index (κ2) is 8.13. The standard InChI is InChI=1S/C18H24FNO4/c1-2-24-15-11-13(19)7-8-14(15)20-16(21)12-18(17(22)23)9-5-3-4-6-10-18/h7-8,11H,2-6,9-10,12H2,1H3,(H,20,21)(H,22,23). The summed E-state index contributed by atoms with van der Waals surface area (Å²) in [6, 6.07) is 3.87. The quantitative estimate of drug-likeness (QED) is 0.770. The third kappa shape index (κ3) is 4.46. The molecule has 0 spiro atoms. The summed E-state index contributed by atoms with van der Waals surface area (Å²) in [5.41, 5.74) is -0.649. The van der Waals surface area contributed by atoms with E-state index >= 15 is 0 Å². The molecule has 0 atom stereocenters. The van der Waals surface area contributed by atoms with Gasteiger partial charge in [-0.25, -0.2) is 4.39 Å². The summed E-state index contributed by atoms with van der Waals surface area (Å²) in [6.45, 7) is 2.10. The number of hydrogen-bond donors (Lipinski definition) is 2. The molecule has 0 radical (unpaired) electrons. The van der Waals surface area contributed by atoms with Crippen molar-refractivity contribution in [2.45, 2.75) is 51.9 Å². The summed E-state index contributed by atoms with van der Waals surface area (Å²) in [6.07, 6.45) is 4.59. The van der Waals surface area contributed by atoms with Gasteiger partial charge in [0.05, 0.1) is 17.7 Å². The molecular weight excluding hydrogens is 313 g/mol. The van der Waals surface area contributed by atoms with Gasteiger partial charge in [-0.2, -0.15) is 0 Å². The molecular formula is C18H24FNO4. The molecule has 5 nitrogen and oxygen atoms in total. The molecule has 2 rings (SSSR count). The van der Waals surface area contributed by atoms with E-state index in [1.54, 1.807) is 6.92 Å². The molecule has 1 fully saturated rings. The molecule has 0 unspecified atom stereocenters. The SMILES string of the molecule is CCOc1cc(F)ccc1NC(=O)CC1(C(=O)O)CCCCCC1. The zero-order valence-corrected chi connectivity index (χ0v) is 13.9. The number of nitrogens with one attached hydrogen (secondary N) is 1. The molecule has 1 saturated carbocycles. The average Bonchev–Trinajstić information content (AvgIpc) is 2.77. The number of anilines is 1. The number of aliphatic carboxylic acids is 1. The predicted octanol–water partition coefficient (Wildman–Crippen LogP) is 3.98. The van der Waals surface area contributed by atoms with E-state index in [0.29, 0.717) is 25.1 Å². The fourth-order valence-corrected chi connectivity index (χ4v) is 3.25. The van der Waals surface area contributed by atoms with Crippen LogP contribution in [0.1, 0.15) is 51.9 Å². The van der Waals surface area contributed by atoms with Gasteiger partial charge in [-0.3, -0.25) is 9.59 Å². The van der Waals surface area contributed by atoms with Crippen molar-refractivity contribution in [3.8, 4) is 5.75 Å². The van der Waals surface area contributed by atoms with Crippen molar-refractivity contribution in [3.05, 3.63) is 24.0 Å². The van der Waals surface area contributed by atoms with Crippen molar-refractivity contribution in [1.29, 1.82) is 0 Å². The van der Waals surface area contributed by atoms with Gasteiger partial charge in [0.25, 0.3) is 0 Å². The monoisotopic (exact) mass is 337 g/mol. The largest absolute Gasteiger partial charge is 0.492 e. The molecule has 132 valence electrons. The smallest absolute Gasteiger partial charge is 0.310 e. The van der Waals surface area contributed by atoms with Crippen LogP contribution in [0.3, 0.4) is 0 Å². The van der Waals surface area contributed by atoms with Crippen molar-refractivity contribution < 1.29 is 23.8 Å². The van der Waals surface area contributed by atoms with E-state index in [1.807, 2.05) is 0 Å². The Morgan fingerprint density at radius 3 is 2.50 bits per heavy atom. The van der Waals surface area contributed by atoms with Crippen LogP contribution in [-0.2, 0) is 9.59 Å². The number of carboxylic acid groups (broad SMARTS) is 1. The highest BCUT2D eigenvalue weighted by atomic mass is 19.1. The van der Waals surface area contributed by atoms with Crippen molar-refractivity contribution >= 4 is 17.6 Å². The number of rotatable bonds is 6. The first-order valence-electron chi connectivity index (χ1n) is 8.42. The lowest BCUT2D eigenvalue weighted by Crippen LogP contribution is -2.35. The Balaban J connectivity index is 2.12. The van der Waals surface area contributed by atoms with Crippen LogP contribution in [0.4, 0.5) is 10.1 Å². The van der Waals surface area contributed by atoms with E-state index in [-0.39, 0.29) is 18.1 Å². The second-order valence-corrected chi connectivity index (χ2v) is 6.30. The minimum Gasteiger partial charge on any atom is -0.492 e. The van der Waals surface area contributed by atoms with Crippen LogP contribution in [-0.4, -0.2) is 23.6 Å². The van der Waals surface area contributed by atoms with E-state index in [2.05, 4.69) is 5.32 Å². The van der Waals surface area contributed by atoms with Crippen molar-refractivity contribution in [1.82, 2.24) is 0 Å². The third-order valence-electron chi connectivity index (χ3n) is 4.53. The maximum absolute atomic E-state index is 13.3. The molecule has 24 heavy (non-hydrogen) atoms. The molecule has 0 heterocycles. The minimum absolute atomic E-state index is 0.0781. The predicted molar refractivity (Wildman–Crippen MR) is 88.6 cm³/mol. The lowest BCUT2D eigenvalue weighted by atomic mass is 9.77. The molecule has 1 amide bonds. The Bertz CT molecular complexity index is 595. The number of carbonyl (C=O) groups excluding carboxylic acids is 1. The zero-order valence-electron chi connectivity index (χ0n) is 13.9. The van der Waals surface area contributed by atoms with E-state index in [4.69, 9.17) is 4.74 Å². The van der Waals surface area contributed by atoms with E-state index in [9.17, 15) is 19.1 Å². The van der Waals surface area contributed by atoms with Gasteiger partial charge in [-0.1, -0.05) is 25.7 Å². The number of hydrogen-bond acceptors (Lipinski definition) is 3. The van der Waals surface area contributed by atoms with Crippen LogP contribution in [0.5, 0.6) is 5.75 Å². The van der Waals surface area contributed by atoms with E-state index in [1.165, 1.54) is 18.2 Å². The maximum atomic E-state index is 13.3. The molecule has 1 aromatic carbocycles. The van der Waals surface area contributed by atoms with Crippen molar-refractivity contribution in [3.63, 3.8) is 0 Å². The molecule has 2 N–H and O–H groups in total. The minimum atomic E-state index is -1.01. The molecule has 0 aromatic heterocycles. The number of carboxylic acids is 1. The number of ether oxygens (including phenoxy) is 1. The van der Waals surface area contributed by atoms with Gasteiger partial charge < -0.3 is 15.2 Å². The average molecular weight is 337 g/mol. The molecule has 0 bridgehead atoms. The van der Waals surface area contributed by atoms with Gasteiger partial charge in [-0.05, 0) is 31.9 Å². The number of amides is 1. The van der Waals surface area contributed by atoms with E-state index < -0.39 is 17.2 Å². The van der Waals surface area contributed by atoms with Gasteiger partial charge in [0.1, 0.15) is 11.6 Å². The molecule has 1 aromatic rings.